The lowest BCUT2D eigenvalue weighted by molar-refractivity contribution is 0.432. The summed E-state index contributed by atoms with van der Waals surface area (Å²) in [6.07, 6.45) is 3.34. The molecule has 0 amide bonds. The van der Waals surface area contributed by atoms with Crippen LogP contribution in [0.4, 0.5) is 10.1 Å². The van der Waals surface area contributed by atoms with Gasteiger partial charge in [0.1, 0.15) is 17.5 Å². The molecule has 0 aliphatic carbocycles. The molecule has 6 heteroatoms. The number of hydrogen-bond acceptors (Lipinski definition) is 4. The smallest absolute Gasteiger partial charge is 0.165 e. The van der Waals surface area contributed by atoms with Gasteiger partial charge in [-0.1, -0.05) is 18.2 Å². The molecule has 0 unspecified atom stereocenters. The molecule has 4 aromatic rings. The molecular formula is C19H11FN4O. The van der Waals surface area contributed by atoms with Crippen LogP contribution in [-0.4, -0.2) is 25.4 Å². The normalized spacial score (nSPS) is 12.6. The molecule has 2 aromatic heterocycles. The van der Waals surface area contributed by atoms with Crippen LogP contribution in [0.1, 0.15) is 11.1 Å². The number of aromatic nitrogens is 3. The van der Waals surface area contributed by atoms with Crippen LogP contribution in [0, 0.1) is 5.82 Å². The lowest BCUT2D eigenvalue weighted by Gasteiger charge is -2.06. The number of benzene rings is 2. The molecule has 120 valence electrons. The minimum Gasteiger partial charge on any atom is -0.505 e. The van der Waals surface area contributed by atoms with Crippen LogP contribution < -0.4 is 0 Å². The van der Waals surface area contributed by atoms with Crippen molar-refractivity contribution in [1.29, 1.82) is 0 Å². The number of phenolic OH excluding ortho intramolecular Hbond substituents is 1. The molecule has 25 heavy (non-hydrogen) atoms. The first kappa shape index (κ1) is 13.9. The molecule has 1 aliphatic heterocycles. The van der Waals surface area contributed by atoms with Crippen molar-refractivity contribution in [3.05, 3.63) is 78.0 Å². The maximum Gasteiger partial charge on any atom is 0.165 e. The highest BCUT2D eigenvalue weighted by Crippen LogP contribution is 2.37. The van der Waals surface area contributed by atoms with Crippen molar-refractivity contribution in [2.24, 2.45) is 4.99 Å². The Kier molecular flexibility index (Phi) is 2.76. The zero-order valence-corrected chi connectivity index (χ0v) is 12.9. The summed E-state index contributed by atoms with van der Waals surface area (Å²) in [6.45, 7) is 0. The fourth-order valence-electron chi connectivity index (χ4n) is 3.17. The van der Waals surface area contributed by atoms with E-state index in [1.165, 1.54) is 18.5 Å². The van der Waals surface area contributed by atoms with E-state index in [4.69, 9.17) is 4.99 Å². The van der Waals surface area contributed by atoms with Crippen LogP contribution in [0.5, 0.6) is 5.75 Å². The Hall–Kier alpha value is -3.54. The SMILES string of the molecule is Oc1ccc(C2=Nc3ccccc3-c3ncnn4ccc2c34)cc1F. The molecule has 2 aromatic carbocycles. The molecular weight excluding hydrogens is 319 g/mol. The predicted molar refractivity (Wildman–Crippen MR) is 91.8 cm³/mol. The average Bonchev–Trinajstić information content (AvgIpc) is 3.00. The van der Waals surface area contributed by atoms with Crippen LogP contribution in [0.3, 0.4) is 0 Å². The van der Waals surface area contributed by atoms with Crippen molar-refractivity contribution < 1.29 is 9.50 Å². The Morgan fingerprint density at radius 2 is 1.88 bits per heavy atom. The van der Waals surface area contributed by atoms with Crippen LogP contribution in [0.15, 0.2) is 66.0 Å². The number of halogens is 1. The van der Waals surface area contributed by atoms with Gasteiger partial charge in [-0.3, -0.25) is 0 Å². The maximum absolute atomic E-state index is 13.9. The first-order valence-electron chi connectivity index (χ1n) is 7.72. The Bertz CT molecular complexity index is 1180. The third kappa shape index (κ3) is 1.97. The van der Waals surface area contributed by atoms with E-state index in [1.54, 1.807) is 10.6 Å². The third-order valence-corrected chi connectivity index (χ3v) is 4.32. The summed E-state index contributed by atoms with van der Waals surface area (Å²) in [5.74, 6) is -1.07. The average molecular weight is 330 g/mol. The maximum atomic E-state index is 13.9. The highest BCUT2D eigenvalue weighted by molar-refractivity contribution is 6.20. The Morgan fingerprint density at radius 3 is 2.76 bits per heavy atom. The van der Waals surface area contributed by atoms with E-state index in [9.17, 15) is 9.50 Å². The second-order valence-electron chi connectivity index (χ2n) is 5.77. The zero-order chi connectivity index (χ0) is 17.0. The van der Waals surface area contributed by atoms with Gasteiger partial charge in [-0.2, -0.15) is 5.10 Å². The van der Waals surface area contributed by atoms with Gasteiger partial charge in [-0.15, -0.1) is 0 Å². The van der Waals surface area contributed by atoms with Crippen molar-refractivity contribution >= 4 is 16.9 Å². The minimum atomic E-state index is -0.683. The van der Waals surface area contributed by atoms with Gasteiger partial charge in [0.05, 0.1) is 11.4 Å². The monoisotopic (exact) mass is 330 g/mol. The predicted octanol–water partition coefficient (Wildman–Crippen LogP) is 3.72. The van der Waals surface area contributed by atoms with Crippen molar-refractivity contribution in [2.75, 3.05) is 0 Å². The number of nitrogens with zero attached hydrogens (tertiary/aromatic N) is 4. The third-order valence-electron chi connectivity index (χ3n) is 4.32. The highest BCUT2D eigenvalue weighted by Gasteiger charge is 2.23. The van der Waals surface area contributed by atoms with Crippen LogP contribution in [0.25, 0.3) is 16.8 Å². The Morgan fingerprint density at radius 1 is 1.00 bits per heavy atom. The molecule has 0 fully saturated rings. The van der Waals surface area contributed by atoms with E-state index >= 15 is 0 Å². The molecule has 5 nitrogen and oxygen atoms in total. The number of rotatable bonds is 1. The van der Waals surface area contributed by atoms with Crippen molar-refractivity contribution in [2.45, 2.75) is 0 Å². The number of aliphatic imine (C=N–C) groups is 1. The second kappa shape index (κ2) is 4.98. The highest BCUT2D eigenvalue weighted by atomic mass is 19.1. The summed E-state index contributed by atoms with van der Waals surface area (Å²) in [7, 11) is 0. The topological polar surface area (TPSA) is 62.8 Å². The van der Waals surface area contributed by atoms with Gasteiger partial charge in [-0.25, -0.2) is 18.9 Å². The summed E-state index contributed by atoms with van der Waals surface area (Å²) in [4.78, 5) is 9.23. The quantitative estimate of drug-likeness (QED) is 0.509. The first-order chi connectivity index (χ1) is 12.2. The molecule has 0 atom stereocenters. The molecule has 0 radical (unpaired) electrons. The standard InChI is InChI=1S/C19H11FN4O/c20-14-9-11(5-6-16(14)25)17-13-7-8-24-19(13)18(21-10-22-24)12-3-1-2-4-15(12)23-17/h1-10,25H. The minimum absolute atomic E-state index is 0.385. The van der Waals surface area contributed by atoms with E-state index in [2.05, 4.69) is 10.1 Å². The number of para-hydroxylation sites is 1. The second-order valence-corrected chi connectivity index (χ2v) is 5.77. The summed E-state index contributed by atoms with van der Waals surface area (Å²) in [6, 6.07) is 13.9. The number of phenols is 1. The summed E-state index contributed by atoms with van der Waals surface area (Å²) >= 11 is 0. The van der Waals surface area contributed by atoms with Crippen LogP contribution in [0.2, 0.25) is 0 Å². The lowest BCUT2D eigenvalue weighted by Crippen LogP contribution is -2.04. The van der Waals surface area contributed by atoms with Gasteiger partial charge in [0.2, 0.25) is 0 Å². The molecule has 0 saturated carbocycles. The van der Waals surface area contributed by atoms with E-state index < -0.39 is 5.82 Å². The molecule has 1 aliphatic rings. The molecule has 0 saturated heterocycles. The van der Waals surface area contributed by atoms with Crippen molar-refractivity contribution in [1.82, 2.24) is 14.6 Å². The van der Waals surface area contributed by atoms with Crippen LogP contribution in [-0.2, 0) is 0 Å². The lowest BCUT2D eigenvalue weighted by atomic mass is 10.0. The molecule has 5 rings (SSSR count). The van der Waals surface area contributed by atoms with Crippen molar-refractivity contribution in [3.63, 3.8) is 0 Å². The van der Waals surface area contributed by atoms with Gasteiger partial charge in [0.25, 0.3) is 0 Å². The first-order valence-corrected chi connectivity index (χ1v) is 7.72. The number of aromatic hydroxyl groups is 1. The summed E-state index contributed by atoms with van der Waals surface area (Å²) in [5, 5.41) is 13.7. The van der Waals surface area contributed by atoms with E-state index in [0.29, 0.717) is 11.3 Å². The van der Waals surface area contributed by atoms with Gasteiger partial charge in [0.15, 0.2) is 11.6 Å². The van der Waals surface area contributed by atoms with E-state index in [-0.39, 0.29) is 5.75 Å². The fourth-order valence-corrected chi connectivity index (χ4v) is 3.17. The Balaban J connectivity index is 1.90. The molecule has 3 heterocycles. The fraction of sp³-hybridized carbons (Fsp3) is 0. The van der Waals surface area contributed by atoms with Crippen LogP contribution >= 0.6 is 0 Å². The van der Waals surface area contributed by atoms with E-state index in [0.717, 1.165) is 28.0 Å². The number of hydrogen-bond donors (Lipinski definition) is 1. The molecule has 0 spiro atoms. The number of fused-ring (bicyclic) bond motifs is 2. The van der Waals surface area contributed by atoms with Crippen molar-refractivity contribution in [3.8, 4) is 17.0 Å². The largest absolute Gasteiger partial charge is 0.505 e. The van der Waals surface area contributed by atoms with Gasteiger partial charge in [0, 0.05) is 22.9 Å². The van der Waals surface area contributed by atoms with E-state index in [1.807, 2.05) is 36.5 Å². The Labute approximate surface area is 141 Å². The molecule has 1 N–H and O–H groups in total. The van der Waals surface area contributed by atoms with Gasteiger partial charge < -0.3 is 5.11 Å². The van der Waals surface area contributed by atoms with Gasteiger partial charge >= 0.3 is 0 Å². The van der Waals surface area contributed by atoms with Gasteiger partial charge in [-0.05, 0) is 30.3 Å². The summed E-state index contributed by atoms with van der Waals surface area (Å²) in [5.41, 5.74) is 5.25. The molecule has 0 bridgehead atoms. The summed E-state index contributed by atoms with van der Waals surface area (Å²) < 4.78 is 15.7. The zero-order valence-electron chi connectivity index (χ0n) is 12.9.